The molecule has 0 bridgehead atoms. The summed E-state index contributed by atoms with van der Waals surface area (Å²) in [6.07, 6.45) is 2.94. The molecule has 2 N–H and O–H groups in total. The molecule has 0 radical (unpaired) electrons. The molecule has 0 saturated heterocycles. The first kappa shape index (κ1) is 12.1. The van der Waals surface area contributed by atoms with Crippen molar-refractivity contribution in [3.05, 3.63) is 30.1 Å². The van der Waals surface area contributed by atoms with Gasteiger partial charge in [-0.1, -0.05) is 19.9 Å². The molecular weight excluding hydrogens is 160 g/mol. The van der Waals surface area contributed by atoms with E-state index in [0.29, 0.717) is 0 Å². The summed E-state index contributed by atoms with van der Waals surface area (Å²) in [5, 5.41) is 0. The van der Waals surface area contributed by atoms with Gasteiger partial charge in [0.1, 0.15) is 0 Å². The monoisotopic (exact) mass is 180 g/mol. The first-order chi connectivity index (χ1) is 6.16. The van der Waals surface area contributed by atoms with Crippen LogP contribution in [0, 0.1) is 12.8 Å². The molecule has 0 spiro atoms. The minimum atomic E-state index is 0.773. The van der Waals surface area contributed by atoms with Gasteiger partial charge in [-0.05, 0) is 37.9 Å². The maximum absolute atomic E-state index is 5.23. The van der Waals surface area contributed by atoms with Crippen LogP contribution in [0.1, 0.15) is 26.0 Å². The van der Waals surface area contributed by atoms with Gasteiger partial charge >= 0.3 is 0 Å². The average molecular weight is 180 g/mol. The van der Waals surface area contributed by atoms with E-state index in [-0.39, 0.29) is 0 Å². The predicted octanol–water partition coefficient (Wildman–Crippen LogP) is 2.38. The minimum Gasteiger partial charge on any atom is -0.330 e. The second-order valence-electron chi connectivity index (χ2n) is 3.44. The highest BCUT2D eigenvalue weighted by Gasteiger charge is 1.85. The molecule has 1 heterocycles. The highest BCUT2D eigenvalue weighted by Crippen LogP contribution is 1.93. The summed E-state index contributed by atoms with van der Waals surface area (Å²) >= 11 is 0. The fourth-order valence-corrected chi connectivity index (χ4v) is 0.781. The minimum absolute atomic E-state index is 0.773. The lowest BCUT2D eigenvalue weighted by Gasteiger charge is -1.96. The molecule has 0 atom stereocenters. The summed E-state index contributed by atoms with van der Waals surface area (Å²) in [6, 6.07) is 5.86. The van der Waals surface area contributed by atoms with Crippen LogP contribution in [-0.4, -0.2) is 11.5 Å². The maximum Gasteiger partial charge on any atom is 0.0372 e. The molecule has 2 nitrogen and oxygen atoms in total. The third-order valence-corrected chi connectivity index (χ3v) is 1.56. The standard InChI is InChI=1S/C6H7N.C5H13N/c1-6-4-2-3-5-7-6;1-5(2)3-4-6/h2-5H,1H3;5H,3-4,6H2,1-2H3. The zero-order valence-corrected chi connectivity index (χ0v) is 8.83. The molecule has 0 saturated carbocycles. The Kier molecular flexibility index (Phi) is 7.21. The Morgan fingerprint density at radius 1 is 1.38 bits per heavy atom. The van der Waals surface area contributed by atoms with Crippen molar-refractivity contribution in [2.75, 3.05) is 6.54 Å². The van der Waals surface area contributed by atoms with Gasteiger partial charge < -0.3 is 5.73 Å². The summed E-state index contributed by atoms with van der Waals surface area (Å²) in [6.45, 7) is 7.15. The number of hydrogen-bond donors (Lipinski definition) is 1. The van der Waals surface area contributed by atoms with E-state index < -0.39 is 0 Å². The van der Waals surface area contributed by atoms with Crippen LogP contribution in [0.5, 0.6) is 0 Å². The van der Waals surface area contributed by atoms with Gasteiger partial charge in [-0.3, -0.25) is 4.98 Å². The predicted molar refractivity (Wildman–Crippen MR) is 57.5 cm³/mol. The van der Waals surface area contributed by atoms with Crippen LogP contribution in [0.3, 0.4) is 0 Å². The van der Waals surface area contributed by atoms with Crippen molar-refractivity contribution in [1.29, 1.82) is 0 Å². The maximum atomic E-state index is 5.23. The summed E-state index contributed by atoms with van der Waals surface area (Å²) < 4.78 is 0. The zero-order chi connectivity index (χ0) is 10.1. The van der Waals surface area contributed by atoms with Gasteiger partial charge in [-0.2, -0.15) is 0 Å². The van der Waals surface area contributed by atoms with E-state index in [1.807, 2.05) is 25.1 Å². The Hall–Kier alpha value is -0.890. The largest absolute Gasteiger partial charge is 0.330 e. The van der Waals surface area contributed by atoms with Gasteiger partial charge in [0.05, 0.1) is 0 Å². The molecule has 0 aliphatic carbocycles. The van der Waals surface area contributed by atoms with E-state index in [2.05, 4.69) is 18.8 Å². The fraction of sp³-hybridized carbons (Fsp3) is 0.545. The van der Waals surface area contributed by atoms with E-state index >= 15 is 0 Å². The van der Waals surface area contributed by atoms with Gasteiger partial charge in [0.25, 0.3) is 0 Å². The van der Waals surface area contributed by atoms with Crippen molar-refractivity contribution >= 4 is 0 Å². The van der Waals surface area contributed by atoms with Crippen molar-refractivity contribution < 1.29 is 0 Å². The fourth-order valence-electron chi connectivity index (χ4n) is 0.781. The van der Waals surface area contributed by atoms with E-state index in [1.54, 1.807) is 6.20 Å². The lowest BCUT2D eigenvalue weighted by molar-refractivity contribution is 0.596. The normalized spacial score (nSPS) is 9.31. The molecule has 1 aromatic rings. The van der Waals surface area contributed by atoms with E-state index in [4.69, 9.17) is 5.73 Å². The van der Waals surface area contributed by atoms with E-state index in [1.165, 1.54) is 0 Å². The highest BCUT2D eigenvalue weighted by atomic mass is 14.6. The van der Waals surface area contributed by atoms with Crippen molar-refractivity contribution in [3.63, 3.8) is 0 Å². The van der Waals surface area contributed by atoms with Crippen LogP contribution in [0.15, 0.2) is 24.4 Å². The van der Waals surface area contributed by atoms with Crippen LogP contribution in [0.4, 0.5) is 0 Å². The molecule has 1 rings (SSSR count). The van der Waals surface area contributed by atoms with Crippen LogP contribution in [0.2, 0.25) is 0 Å². The van der Waals surface area contributed by atoms with Crippen molar-refractivity contribution in [2.24, 2.45) is 11.7 Å². The van der Waals surface area contributed by atoms with E-state index in [0.717, 1.165) is 24.6 Å². The molecule has 0 unspecified atom stereocenters. The lowest BCUT2D eigenvalue weighted by Crippen LogP contribution is -2.01. The first-order valence-electron chi connectivity index (χ1n) is 4.74. The summed E-state index contributed by atoms with van der Waals surface area (Å²) in [5.74, 6) is 0.773. The number of nitrogens with two attached hydrogens (primary N) is 1. The summed E-state index contributed by atoms with van der Waals surface area (Å²) in [4.78, 5) is 3.98. The second-order valence-corrected chi connectivity index (χ2v) is 3.44. The van der Waals surface area contributed by atoms with Crippen LogP contribution in [0.25, 0.3) is 0 Å². The number of pyridine rings is 1. The third kappa shape index (κ3) is 9.02. The number of aromatic nitrogens is 1. The number of aryl methyl sites for hydroxylation is 1. The Labute approximate surface area is 81.2 Å². The third-order valence-electron chi connectivity index (χ3n) is 1.56. The number of rotatable bonds is 2. The molecular formula is C11H20N2. The molecule has 0 aliphatic heterocycles. The van der Waals surface area contributed by atoms with Gasteiger partial charge in [-0.15, -0.1) is 0 Å². The van der Waals surface area contributed by atoms with Crippen LogP contribution < -0.4 is 5.73 Å². The van der Waals surface area contributed by atoms with Crippen molar-refractivity contribution in [2.45, 2.75) is 27.2 Å². The van der Waals surface area contributed by atoms with Gasteiger partial charge in [0.15, 0.2) is 0 Å². The number of hydrogen-bond acceptors (Lipinski definition) is 2. The highest BCUT2D eigenvalue weighted by molar-refractivity contribution is 4.99. The van der Waals surface area contributed by atoms with Gasteiger partial charge in [-0.25, -0.2) is 0 Å². The Morgan fingerprint density at radius 3 is 2.23 bits per heavy atom. The molecule has 0 aliphatic rings. The first-order valence-corrected chi connectivity index (χ1v) is 4.74. The average Bonchev–Trinajstić information content (AvgIpc) is 2.06. The molecule has 0 aromatic carbocycles. The van der Waals surface area contributed by atoms with E-state index in [9.17, 15) is 0 Å². The SMILES string of the molecule is CC(C)CCN.Cc1ccccn1. The molecule has 2 heteroatoms. The zero-order valence-electron chi connectivity index (χ0n) is 8.83. The number of nitrogens with zero attached hydrogens (tertiary/aromatic N) is 1. The Balaban J connectivity index is 0.000000226. The lowest BCUT2D eigenvalue weighted by atomic mass is 10.1. The topological polar surface area (TPSA) is 38.9 Å². The van der Waals surface area contributed by atoms with Crippen molar-refractivity contribution in [3.8, 4) is 0 Å². The Morgan fingerprint density at radius 2 is 2.08 bits per heavy atom. The van der Waals surface area contributed by atoms with Gasteiger partial charge in [0, 0.05) is 11.9 Å². The summed E-state index contributed by atoms with van der Waals surface area (Å²) in [5.41, 5.74) is 6.30. The molecule has 13 heavy (non-hydrogen) atoms. The quantitative estimate of drug-likeness (QED) is 0.759. The smallest absolute Gasteiger partial charge is 0.0372 e. The second kappa shape index (κ2) is 7.74. The van der Waals surface area contributed by atoms with Crippen LogP contribution >= 0.6 is 0 Å². The van der Waals surface area contributed by atoms with Crippen molar-refractivity contribution in [1.82, 2.24) is 4.98 Å². The molecule has 74 valence electrons. The Bertz CT molecular complexity index is 195. The molecule has 0 fully saturated rings. The molecule has 1 aromatic heterocycles. The van der Waals surface area contributed by atoms with Crippen LogP contribution in [-0.2, 0) is 0 Å². The summed E-state index contributed by atoms with van der Waals surface area (Å²) in [7, 11) is 0. The molecule has 0 amide bonds. The van der Waals surface area contributed by atoms with Gasteiger partial charge in [0.2, 0.25) is 0 Å².